The first kappa shape index (κ1) is 13.1. The molecule has 2 aromatic rings. The van der Waals surface area contributed by atoms with Gasteiger partial charge >= 0.3 is 0 Å². The highest BCUT2D eigenvalue weighted by Crippen LogP contribution is 2.25. The average molecular weight is 264 g/mol. The van der Waals surface area contributed by atoms with Crippen molar-refractivity contribution in [1.82, 2.24) is 15.1 Å². The van der Waals surface area contributed by atoms with Crippen LogP contribution in [0.15, 0.2) is 30.5 Å². The summed E-state index contributed by atoms with van der Waals surface area (Å²) in [6.45, 7) is 4.96. The van der Waals surface area contributed by atoms with Crippen LogP contribution in [0.4, 0.5) is 0 Å². The Hall–Kier alpha value is -1.32. The van der Waals surface area contributed by atoms with Gasteiger partial charge in [0.1, 0.15) is 0 Å². The number of nitrogens with one attached hydrogen (secondary N) is 1. The van der Waals surface area contributed by atoms with Gasteiger partial charge in [-0.15, -0.1) is 0 Å². The Morgan fingerprint density at radius 3 is 2.78 bits per heavy atom. The minimum absolute atomic E-state index is 0.116. The number of halogens is 1. The number of aromatic nitrogens is 2. The van der Waals surface area contributed by atoms with E-state index in [4.69, 9.17) is 11.6 Å². The summed E-state index contributed by atoms with van der Waals surface area (Å²) >= 11 is 6.20. The smallest absolute Gasteiger partial charge is 0.0746 e. The average Bonchev–Trinajstić information content (AvgIpc) is 2.83. The molecular weight excluding hydrogens is 246 g/mol. The van der Waals surface area contributed by atoms with E-state index in [0.29, 0.717) is 0 Å². The summed E-state index contributed by atoms with van der Waals surface area (Å²) < 4.78 is 1.99. The van der Waals surface area contributed by atoms with Crippen molar-refractivity contribution in [3.05, 3.63) is 52.3 Å². The van der Waals surface area contributed by atoms with Crippen LogP contribution in [-0.4, -0.2) is 16.8 Å². The summed E-state index contributed by atoms with van der Waals surface area (Å²) in [5.41, 5.74) is 3.41. The van der Waals surface area contributed by atoms with Crippen molar-refractivity contribution in [2.24, 2.45) is 0 Å². The first-order valence-corrected chi connectivity index (χ1v) is 6.50. The monoisotopic (exact) mass is 263 g/mol. The minimum Gasteiger partial charge on any atom is -0.308 e. The molecule has 0 amide bonds. The van der Waals surface area contributed by atoms with E-state index in [2.05, 4.69) is 29.5 Å². The zero-order valence-electron chi connectivity index (χ0n) is 10.9. The van der Waals surface area contributed by atoms with Crippen LogP contribution in [0.3, 0.4) is 0 Å². The molecule has 0 aliphatic heterocycles. The molecule has 2 rings (SSSR count). The molecule has 1 N–H and O–H groups in total. The largest absolute Gasteiger partial charge is 0.308 e. The van der Waals surface area contributed by atoms with Crippen molar-refractivity contribution in [1.29, 1.82) is 0 Å². The Bertz CT molecular complexity index is 534. The van der Waals surface area contributed by atoms with E-state index < -0.39 is 0 Å². The summed E-state index contributed by atoms with van der Waals surface area (Å²) in [7, 11) is 1.95. The highest BCUT2D eigenvalue weighted by molar-refractivity contribution is 6.31. The van der Waals surface area contributed by atoms with Gasteiger partial charge in [0.15, 0.2) is 0 Å². The lowest BCUT2D eigenvalue weighted by Gasteiger charge is -2.18. The fraction of sp³-hybridized carbons (Fsp3) is 0.357. The van der Waals surface area contributed by atoms with Crippen LogP contribution >= 0.6 is 11.6 Å². The fourth-order valence-corrected chi connectivity index (χ4v) is 2.32. The second-order valence-corrected chi connectivity index (χ2v) is 4.71. The molecule has 1 unspecified atom stereocenters. The molecule has 1 aromatic carbocycles. The van der Waals surface area contributed by atoms with Crippen LogP contribution in [0.1, 0.15) is 29.8 Å². The number of hydrogen-bond donors (Lipinski definition) is 1. The third-order valence-corrected chi connectivity index (χ3v) is 3.57. The molecule has 0 fully saturated rings. The number of rotatable bonds is 4. The molecule has 18 heavy (non-hydrogen) atoms. The van der Waals surface area contributed by atoms with Gasteiger partial charge in [-0.2, -0.15) is 5.10 Å². The lowest BCUT2D eigenvalue weighted by molar-refractivity contribution is 0.563. The van der Waals surface area contributed by atoms with Gasteiger partial charge in [0.2, 0.25) is 0 Å². The molecule has 0 radical (unpaired) electrons. The SMILES string of the molecule is CCn1nccc1C(NC)c1ccc(C)c(Cl)c1. The second-order valence-electron chi connectivity index (χ2n) is 4.30. The second kappa shape index (κ2) is 5.55. The van der Waals surface area contributed by atoms with Crippen LogP contribution < -0.4 is 5.32 Å². The van der Waals surface area contributed by atoms with Crippen molar-refractivity contribution < 1.29 is 0 Å². The summed E-state index contributed by atoms with van der Waals surface area (Å²) in [6, 6.07) is 8.33. The quantitative estimate of drug-likeness (QED) is 0.918. The van der Waals surface area contributed by atoms with Gasteiger partial charge in [-0.25, -0.2) is 0 Å². The fourth-order valence-electron chi connectivity index (χ4n) is 2.13. The van der Waals surface area contributed by atoms with Crippen molar-refractivity contribution in [3.63, 3.8) is 0 Å². The number of benzene rings is 1. The van der Waals surface area contributed by atoms with Gasteiger partial charge in [0, 0.05) is 17.8 Å². The van der Waals surface area contributed by atoms with Crippen LogP contribution in [0, 0.1) is 6.92 Å². The van der Waals surface area contributed by atoms with Gasteiger partial charge in [-0.3, -0.25) is 4.68 Å². The van der Waals surface area contributed by atoms with Crippen LogP contribution in [0.5, 0.6) is 0 Å². The zero-order chi connectivity index (χ0) is 13.1. The van der Waals surface area contributed by atoms with Gasteiger partial charge < -0.3 is 5.32 Å². The number of nitrogens with zero attached hydrogens (tertiary/aromatic N) is 2. The van der Waals surface area contributed by atoms with Gasteiger partial charge in [-0.1, -0.05) is 23.7 Å². The molecule has 1 aromatic heterocycles. The number of aryl methyl sites for hydroxylation is 2. The van der Waals surface area contributed by atoms with E-state index in [1.807, 2.05) is 37.0 Å². The maximum Gasteiger partial charge on any atom is 0.0746 e. The van der Waals surface area contributed by atoms with Crippen molar-refractivity contribution in [2.45, 2.75) is 26.4 Å². The van der Waals surface area contributed by atoms with E-state index >= 15 is 0 Å². The van der Waals surface area contributed by atoms with Gasteiger partial charge in [0.05, 0.1) is 11.7 Å². The molecule has 4 heteroatoms. The Balaban J connectivity index is 2.42. The van der Waals surface area contributed by atoms with Crippen LogP contribution in [0.25, 0.3) is 0 Å². The summed E-state index contributed by atoms with van der Waals surface area (Å²) in [4.78, 5) is 0. The third-order valence-electron chi connectivity index (χ3n) is 3.16. The Labute approximate surface area is 113 Å². The minimum atomic E-state index is 0.116. The van der Waals surface area contributed by atoms with E-state index in [-0.39, 0.29) is 6.04 Å². The van der Waals surface area contributed by atoms with E-state index in [9.17, 15) is 0 Å². The standard InChI is InChI=1S/C14H18ClN3/c1-4-18-13(7-8-17-18)14(16-3)11-6-5-10(2)12(15)9-11/h5-9,14,16H,4H2,1-3H3. The molecule has 0 saturated heterocycles. The van der Waals surface area contributed by atoms with Crippen molar-refractivity contribution in [2.75, 3.05) is 7.05 Å². The Kier molecular flexibility index (Phi) is 4.04. The van der Waals surface area contributed by atoms with Gasteiger partial charge in [-0.05, 0) is 44.2 Å². The molecule has 0 aliphatic carbocycles. The van der Waals surface area contributed by atoms with E-state index in [0.717, 1.165) is 28.4 Å². The van der Waals surface area contributed by atoms with Crippen molar-refractivity contribution in [3.8, 4) is 0 Å². The summed E-state index contributed by atoms with van der Waals surface area (Å²) in [5.74, 6) is 0. The lowest BCUT2D eigenvalue weighted by Crippen LogP contribution is -2.21. The van der Waals surface area contributed by atoms with Gasteiger partial charge in [0.25, 0.3) is 0 Å². The lowest BCUT2D eigenvalue weighted by atomic mass is 10.0. The molecule has 1 atom stereocenters. The molecule has 0 bridgehead atoms. The summed E-state index contributed by atoms with van der Waals surface area (Å²) in [6.07, 6.45) is 1.83. The van der Waals surface area contributed by atoms with E-state index in [1.165, 1.54) is 0 Å². The molecule has 0 saturated carbocycles. The molecule has 0 spiro atoms. The third kappa shape index (κ3) is 2.42. The first-order chi connectivity index (χ1) is 8.67. The first-order valence-electron chi connectivity index (χ1n) is 6.12. The molecule has 0 aliphatic rings. The molecule has 1 heterocycles. The van der Waals surface area contributed by atoms with Crippen LogP contribution in [0.2, 0.25) is 5.02 Å². The zero-order valence-corrected chi connectivity index (χ0v) is 11.7. The topological polar surface area (TPSA) is 29.9 Å². The highest BCUT2D eigenvalue weighted by Gasteiger charge is 2.16. The summed E-state index contributed by atoms with van der Waals surface area (Å²) in [5, 5.41) is 8.44. The predicted octanol–water partition coefficient (Wildman–Crippen LogP) is 3.17. The molecule has 3 nitrogen and oxygen atoms in total. The van der Waals surface area contributed by atoms with E-state index in [1.54, 1.807) is 0 Å². The Morgan fingerprint density at radius 1 is 1.39 bits per heavy atom. The number of hydrogen-bond acceptors (Lipinski definition) is 2. The molecule has 96 valence electrons. The maximum absolute atomic E-state index is 6.20. The Morgan fingerprint density at radius 2 is 2.17 bits per heavy atom. The normalized spacial score (nSPS) is 12.7. The van der Waals surface area contributed by atoms with Crippen molar-refractivity contribution >= 4 is 11.6 Å². The predicted molar refractivity (Wildman–Crippen MR) is 75.0 cm³/mol. The van der Waals surface area contributed by atoms with Crippen LogP contribution in [-0.2, 0) is 6.54 Å². The highest BCUT2D eigenvalue weighted by atomic mass is 35.5. The maximum atomic E-state index is 6.20. The molecular formula is C14H18ClN3.